The highest BCUT2D eigenvalue weighted by atomic mass is 19.1. The maximum absolute atomic E-state index is 12.6. The minimum absolute atomic E-state index is 0.450. The van der Waals surface area contributed by atoms with Gasteiger partial charge >= 0.3 is 0 Å². The van der Waals surface area contributed by atoms with Crippen LogP contribution in [0.2, 0.25) is 0 Å². The summed E-state index contributed by atoms with van der Waals surface area (Å²) in [7, 11) is 0. The molecule has 4 N–H and O–H groups in total. The monoisotopic (exact) mass is 185 g/mol. The lowest BCUT2D eigenvalue weighted by Gasteiger charge is -2.15. The summed E-state index contributed by atoms with van der Waals surface area (Å²) in [6, 6.07) is 3.16. The number of aromatic hydroxyl groups is 1. The van der Waals surface area contributed by atoms with Crippen LogP contribution in [-0.4, -0.2) is 16.3 Å². The SMILES string of the molecule is CC(O)C(N)c1ccc(F)c(O)c1. The van der Waals surface area contributed by atoms with Crippen molar-refractivity contribution in [1.29, 1.82) is 0 Å². The molecule has 13 heavy (non-hydrogen) atoms. The van der Waals surface area contributed by atoms with Crippen LogP contribution in [0, 0.1) is 5.82 Å². The number of aliphatic hydroxyl groups excluding tert-OH is 1. The van der Waals surface area contributed by atoms with E-state index >= 15 is 0 Å². The van der Waals surface area contributed by atoms with Crippen LogP contribution in [0.1, 0.15) is 18.5 Å². The molecule has 3 nitrogen and oxygen atoms in total. The van der Waals surface area contributed by atoms with Crippen LogP contribution in [-0.2, 0) is 0 Å². The van der Waals surface area contributed by atoms with Crippen molar-refractivity contribution in [2.75, 3.05) is 0 Å². The summed E-state index contributed by atoms with van der Waals surface area (Å²) >= 11 is 0. The van der Waals surface area contributed by atoms with Gasteiger partial charge in [-0.05, 0) is 24.6 Å². The molecular formula is C9H12FNO2. The van der Waals surface area contributed by atoms with Gasteiger partial charge in [-0.15, -0.1) is 0 Å². The lowest BCUT2D eigenvalue weighted by molar-refractivity contribution is 0.164. The van der Waals surface area contributed by atoms with Crippen molar-refractivity contribution >= 4 is 0 Å². The molecular weight excluding hydrogens is 173 g/mol. The predicted molar refractivity (Wildman–Crippen MR) is 46.7 cm³/mol. The molecule has 0 aliphatic rings. The van der Waals surface area contributed by atoms with Crippen LogP contribution in [0.3, 0.4) is 0 Å². The third kappa shape index (κ3) is 2.17. The molecule has 1 aromatic rings. The molecule has 0 amide bonds. The molecule has 2 unspecified atom stereocenters. The second-order valence-electron chi connectivity index (χ2n) is 2.98. The largest absolute Gasteiger partial charge is 0.505 e. The molecule has 0 heterocycles. The van der Waals surface area contributed by atoms with Gasteiger partial charge in [-0.1, -0.05) is 6.07 Å². The first-order valence-corrected chi connectivity index (χ1v) is 3.94. The van der Waals surface area contributed by atoms with E-state index in [1.807, 2.05) is 0 Å². The average Bonchev–Trinajstić information content (AvgIpc) is 2.08. The smallest absolute Gasteiger partial charge is 0.164 e. The molecule has 72 valence electrons. The van der Waals surface area contributed by atoms with E-state index in [4.69, 9.17) is 15.9 Å². The van der Waals surface area contributed by atoms with Gasteiger partial charge in [0.15, 0.2) is 11.6 Å². The molecule has 0 spiro atoms. The fourth-order valence-electron chi connectivity index (χ4n) is 1.02. The molecule has 4 heteroatoms. The van der Waals surface area contributed by atoms with E-state index in [0.29, 0.717) is 5.56 Å². The van der Waals surface area contributed by atoms with Crippen LogP contribution in [0.5, 0.6) is 5.75 Å². The van der Waals surface area contributed by atoms with Crippen LogP contribution >= 0.6 is 0 Å². The van der Waals surface area contributed by atoms with E-state index in [1.54, 1.807) is 0 Å². The molecule has 0 saturated heterocycles. The normalized spacial score (nSPS) is 15.4. The Morgan fingerprint density at radius 2 is 2.08 bits per heavy atom. The molecule has 0 saturated carbocycles. The van der Waals surface area contributed by atoms with Crippen molar-refractivity contribution in [3.63, 3.8) is 0 Å². The Balaban J connectivity index is 2.97. The van der Waals surface area contributed by atoms with Crippen LogP contribution in [0.15, 0.2) is 18.2 Å². The van der Waals surface area contributed by atoms with Gasteiger partial charge in [0.05, 0.1) is 12.1 Å². The van der Waals surface area contributed by atoms with Gasteiger partial charge in [-0.2, -0.15) is 0 Å². The standard InChI is InChI=1S/C9H12FNO2/c1-5(12)9(11)6-2-3-7(10)8(13)4-6/h2-5,9,12-13H,11H2,1H3. The summed E-state index contributed by atoms with van der Waals surface area (Å²) in [4.78, 5) is 0. The summed E-state index contributed by atoms with van der Waals surface area (Å²) in [5.74, 6) is -1.14. The molecule has 1 aromatic carbocycles. The zero-order valence-corrected chi connectivity index (χ0v) is 7.24. The number of benzene rings is 1. The molecule has 0 aliphatic heterocycles. The number of phenolic OH excluding ortho intramolecular Hbond substituents is 1. The van der Waals surface area contributed by atoms with E-state index in [9.17, 15) is 4.39 Å². The topological polar surface area (TPSA) is 66.5 Å². The van der Waals surface area contributed by atoms with E-state index in [2.05, 4.69) is 0 Å². The fourth-order valence-corrected chi connectivity index (χ4v) is 1.02. The molecule has 0 aromatic heterocycles. The van der Waals surface area contributed by atoms with Gasteiger partial charge in [0.1, 0.15) is 0 Å². The lowest BCUT2D eigenvalue weighted by atomic mass is 10.0. The number of aliphatic hydroxyl groups is 1. The Hall–Kier alpha value is -1.13. The van der Waals surface area contributed by atoms with Crippen molar-refractivity contribution < 1.29 is 14.6 Å². The third-order valence-corrected chi connectivity index (χ3v) is 1.87. The average molecular weight is 185 g/mol. The Morgan fingerprint density at radius 1 is 1.46 bits per heavy atom. The van der Waals surface area contributed by atoms with Crippen molar-refractivity contribution in [2.45, 2.75) is 19.1 Å². The number of nitrogens with two attached hydrogens (primary N) is 1. The van der Waals surface area contributed by atoms with Gasteiger partial charge in [0, 0.05) is 0 Å². The fraction of sp³-hybridized carbons (Fsp3) is 0.333. The van der Waals surface area contributed by atoms with Gasteiger partial charge in [0.25, 0.3) is 0 Å². The molecule has 1 rings (SSSR count). The number of halogens is 1. The molecule has 0 radical (unpaired) electrons. The van der Waals surface area contributed by atoms with Crippen molar-refractivity contribution in [2.24, 2.45) is 5.73 Å². The van der Waals surface area contributed by atoms with E-state index < -0.39 is 23.7 Å². The minimum atomic E-state index is -0.732. The second kappa shape index (κ2) is 3.72. The molecule has 2 atom stereocenters. The van der Waals surface area contributed by atoms with Gasteiger partial charge in [-0.25, -0.2) is 4.39 Å². The first-order valence-electron chi connectivity index (χ1n) is 3.94. The van der Waals surface area contributed by atoms with Crippen molar-refractivity contribution in [3.8, 4) is 5.75 Å². The van der Waals surface area contributed by atoms with Crippen molar-refractivity contribution in [3.05, 3.63) is 29.6 Å². The first kappa shape index (κ1) is 9.95. The molecule has 0 aliphatic carbocycles. The van der Waals surface area contributed by atoms with Crippen LogP contribution in [0.25, 0.3) is 0 Å². The summed E-state index contributed by atoms with van der Waals surface area (Å²) in [6.07, 6.45) is -0.732. The Bertz CT molecular complexity index is 302. The Kier molecular flexibility index (Phi) is 2.85. The third-order valence-electron chi connectivity index (χ3n) is 1.87. The quantitative estimate of drug-likeness (QED) is 0.641. The van der Waals surface area contributed by atoms with E-state index in [1.165, 1.54) is 19.1 Å². The van der Waals surface area contributed by atoms with E-state index in [0.717, 1.165) is 6.07 Å². The zero-order chi connectivity index (χ0) is 10.0. The summed E-state index contributed by atoms with van der Waals surface area (Å²) in [5, 5.41) is 18.2. The maximum atomic E-state index is 12.6. The number of hydrogen-bond donors (Lipinski definition) is 3. The van der Waals surface area contributed by atoms with Crippen LogP contribution < -0.4 is 5.73 Å². The summed E-state index contributed by atoms with van der Waals surface area (Å²) < 4.78 is 12.6. The molecule has 0 fully saturated rings. The number of phenols is 1. The Labute approximate surface area is 75.6 Å². The second-order valence-corrected chi connectivity index (χ2v) is 2.98. The highest BCUT2D eigenvalue weighted by Gasteiger charge is 2.13. The zero-order valence-electron chi connectivity index (χ0n) is 7.24. The highest BCUT2D eigenvalue weighted by Crippen LogP contribution is 2.21. The maximum Gasteiger partial charge on any atom is 0.164 e. The van der Waals surface area contributed by atoms with Crippen molar-refractivity contribution in [1.82, 2.24) is 0 Å². The van der Waals surface area contributed by atoms with E-state index in [-0.39, 0.29) is 0 Å². The first-order chi connectivity index (χ1) is 6.02. The summed E-state index contributed by atoms with van der Waals surface area (Å²) in [5.41, 5.74) is 6.08. The summed E-state index contributed by atoms with van der Waals surface area (Å²) in [6.45, 7) is 1.53. The van der Waals surface area contributed by atoms with Gasteiger partial charge in [0.2, 0.25) is 0 Å². The van der Waals surface area contributed by atoms with Gasteiger partial charge < -0.3 is 15.9 Å². The number of rotatable bonds is 2. The predicted octanol–water partition coefficient (Wildman–Crippen LogP) is 0.912. The molecule has 0 bridgehead atoms. The van der Waals surface area contributed by atoms with Gasteiger partial charge in [-0.3, -0.25) is 0 Å². The van der Waals surface area contributed by atoms with Crippen LogP contribution in [0.4, 0.5) is 4.39 Å². The number of hydrogen-bond acceptors (Lipinski definition) is 3. The Morgan fingerprint density at radius 3 is 2.54 bits per heavy atom. The highest BCUT2D eigenvalue weighted by molar-refractivity contribution is 5.31. The lowest BCUT2D eigenvalue weighted by Crippen LogP contribution is -2.23. The minimum Gasteiger partial charge on any atom is -0.505 e.